The van der Waals surface area contributed by atoms with Gasteiger partial charge in [-0.25, -0.2) is 0 Å². The quantitative estimate of drug-likeness (QED) is 0.845. The minimum atomic E-state index is 0.188. The molecular formula is C18H29NO2. The monoisotopic (exact) mass is 291 g/mol. The van der Waals surface area contributed by atoms with Crippen molar-refractivity contribution in [1.29, 1.82) is 0 Å². The first-order chi connectivity index (χ1) is 9.94. The van der Waals surface area contributed by atoms with Crippen molar-refractivity contribution in [3.63, 3.8) is 0 Å². The van der Waals surface area contributed by atoms with Crippen molar-refractivity contribution in [2.75, 3.05) is 13.7 Å². The summed E-state index contributed by atoms with van der Waals surface area (Å²) in [4.78, 5) is 0. The lowest BCUT2D eigenvalue weighted by Gasteiger charge is -2.42. The average molecular weight is 291 g/mol. The number of methoxy groups -OCH3 is 1. The van der Waals surface area contributed by atoms with Crippen molar-refractivity contribution < 1.29 is 9.84 Å². The van der Waals surface area contributed by atoms with Crippen molar-refractivity contribution in [2.24, 2.45) is 5.41 Å². The second kappa shape index (κ2) is 6.80. The highest BCUT2D eigenvalue weighted by atomic mass is 16.5. The molecule has 0 heterocycles. The van der Waals surface area contributed by atoms with E-state index >= 15 is 0 Å². The first kappa shape index (κ1) is 16.3. The Kier molecular flexibility index (Phi) is 5.28. The van der Waals surface area contributed by atoms with E-state index in [4.69, 9.17) is 4.74 Å². The maximum atomic E-state index is 9.23. The number of aliphatic hydroxyl groups excluding tert-OH is 1. The van der Waals surface area contributed by atoms with Crippen LogP contribution in [-0.4, -0.2) is 30.9 Å². The normalized spacial score (nSPS) is 23.5. The molecule has 0 saturated heterocycles. The Morgan fingerprint density at radius 3 is 2.33 bits per heavy atom. The average Bonchev–Trinajstić information content (AvgIpc) is 2.40. The summed E-state index contributed by atoms with van der Waals surface area (Å²) in [7, 11) is 1.70. The summed E-state index contributed by atoms with van der Waals surface area (Å²) in [5.74, 6) is 1.58. The van der Waals surface area contributed by atoms with Crippen LogP contribution in [0.15, 0.2) is 24.3 Å². The Morgan fingerprint density at radius 1 is 1.24 bits per heavy atom. The number of nitrogens with one attached hydrogen (secondary N) is 1. The van der Waals surface area contributed by atoms with E-state index in [-0.39, 0.29) is 12.0 Å². The highest BCUT2D eigenvalue weighted by Gasteiger charge is 2.34. The standard InChI is InChI=1S/C18H29NO2/c1-18(2,3)17(9-10-20)19-15-11-14(12-15)13-5-7-16(21-4)8-6-13/h5-8,14-15,17,19-20H,9-12H2,1-4H3. The van der Waals surface area contributed by atoms with Crippen LogP contribution in [-0.2, 0) is 0 Å². The summed E-state index contributed by atoms with van der Waals surface area (Å²) in [6.45, 7) is 6.96. The first-order valence-corrected chi connectivity index (χ1v) is 7.95. The fourth-order valence-corrected chi connectivity index (χ4v) is 3.08. The zero-order valence-corrected chi connectivity index (χ0v) is 13.7. The SMILES string of the molecule is COc1ccc(C2CC(NC(CCO)C(C)(C)C)C2)cc1. The van der Waals surface area contributed by atoms with Crippen LogP contribution in [0.2, 0.25) is 0 Å². The molecule has 1 aliphatic carbocycles. The molecule has 0 radical (unpaired) electrons. The molecule has 0 spiro atoms. The van der Waals surface area contributed by atoms with E-state index in [1.54, 1.807) is 7.11 Å². The van der Waals surface area contributed by atoms with Gasteiger partial charge in [-0.15, -0.1) is 0 Å². The van der Waals surface area contributed by atoms with Gasteiger partial charge in [0.1, 0.15) is 5.75 Å². The van der Waals surface area contributed by atoms with Crippen LogP contribution in [0.5, 0.6) is 5.75 Å². The van der Waals surface area contributed by atoms with E-state index in [1.165, 1.54) is 18.4 Å². The van der Waals surface area contributed by atoms with E-state index in [0.29, 0.717) is 18.0 Å². The molecule has 3 heteroatoms. The lowest BCUT2D eigenvalue weighted by Crippen LogP contribution is -2.50. The molecule has 118 valence electrons. The molecule has 21 heavy (non-hydrogen) atoms. The predicted octanol–water partition coefficient (Wildman–Crippen LogP) is 3.33. The van der Waals surface area contributed by atoms with Gasteiger partial charge in [-0.3, -0.25) is 0 Å². The molecule has 1 aromatic rings. The van der Waals surface area contributed by atoms with Crippen molar-refractivity contribution in [3.8, 4) is 5.75 Å². The number of benzene rings is 1. The maximum absolute atomic E-state index is 9.23. The first-order valence-electron chi connectivity index (χ1n) is 7.95. The van der Waals surface area contributed by atoms with E-state index in [9.17, 15) is 5.11 Å². The van der Waals surface area contributed by atoms with Crippen molar-refractivity contribution in [1.82, 2.24) is 5.32 Å². The molecule has 0 aliphatic heterocycles. The van der Waals surface area contributed by atoms with E-state index < -0.39 is 0 Å². The molecule has 1 atom stereocenters. The van der Waals surface area contributed by atoms with Crippen LogP contribution < -0.4 is 10.1 Å². The molecule has 0 amide bonds. The molecular weight excluding hydrogens is 262 g/mol. The van der Waals surface area contributed by atoms with Crippen molar-refractivity contribution in [2.45, 2.75) is 58.0 Å². The number of aliphatic hydroxyl groups is 1. The molecule has 1 fully saturated rings. The Hall–Kier alpha value is -1.06. The van der Waals surface area contributed by atoms with Gasteiger partial charge >= 0.3 is 0 Å². The van der Waals surface area contributed by atoms with E-state index in [1.807, 2.05) is 12.1 Å². The summed E-state index contributed by atoms with van der Waals surface area (Å²) in [5, 5.41) is 13.0. The third-order valence-corrected chi connectivity index (χ3v) is 4.63. The molecule has 2 N–H and O–H groups in total. The summed E-state index contributed by atoms with van der Waals surface area (Å²) in [6, 6.07) is 9.39. The Morgan fingerprint density at radius 2 is 1.86 bits per heavy atom. The lowest BCUT2D eigenvalue weighted by molar-refractivity contribution is 0.157. The molecule has 0 aromatic heterocycles. The Balaban J connectivity index is 1.85. The molecule has 1 saturated carbocycles. The highest BCUT2D eigenvalue weighted by molar-refractivity contribution is 5.31. The van der Waals surface area contributed by atoms with Gasteiger partial charge in [0.15, 0.2) is 0 Å². The fourth-order valence-electron chi connectivity index (χ4n) is 3.08. The molecule has 1 unspecified atom stereocenters. The number of hydrogen-bond acceptors (Lipinski definition) is 3. The summed E-state index contributed by atoms with van der Waals surface area (Å²) >= 11 is 0. The molecule has 1 aliphatic rings. The largest absolute Gasteiger partial charge is 0.497 e. The Bertz CT molecular complexity index is 430. The number of rotatable bonds is 6. The summed E-state index contributed by atoms with van der Waals surface area (Å²) in [6.07, 6.45) is 3.20. The van der Waals surface area contributed by atoms with Crippen molar-refractivity contribution in [3.05, 3.63) is 29.8 Å². The van der Waals surface area contributed by atoms with Gasteiger partial charge < -0.3 is 15.2 Å². The summed E-state index contributed by atoms with van der Waals surface area (Å²) in [5.41, 5.74) is 1.59. The van der Waals surface area contributed by atoms with E-state index in [2.05, 4.69) is 38.2 Å². The topological polar surface area (TPSA) is 41.5 Å². The van der Waals surface area contributed by atoms with Crippen LogP contribution >= 0.6 is 0 Å². The third-order valence-electron chi connectivity index (χ3n) is 4.63. The second-order valence-corrected chi connectivity index (χ2v) is 7.24. The second-order valence-electron chi connectivity index (χ2n) is 7.24. The van der Waals surface area contributed by atoms with Crippen LogP contribution in [0, 0.1) is 5.41 Å². The zero-order chi connectivity index (χ0) is 15.5. The van der Waals surface area contributed by atoms with Gasteiger partial charge in [0.2, 0.25) is 0 Å². The number of hydrogen-bond donors (Lipinski definition) is 2. The Labute approximate surface area is 128 Å². The smallest absolute Gasteiger partial charge is 0.118 e. The number of ether oxygens (including phenoxy) is 1. The van der Waals surface area contributed by atoms with Crippen LogP contribution in [0.25, 0.3) is 0 Å². The van der Waals surface area contributed by atoms with Gasteiger partial charge in [-0.1, -0.05) is 32.9 Å². The van der Waals surface area contributed by atoms with Gasteiger partial charge in [-0.05, 0) is 48.3 Å². The van der Waals surface area contributed by atoms with Crippen LogP contribution in [0.3, 0.4) is 0 Å². The van der Waals surface area contributed by atoms with Crippen molar-refractivity contribution >= 4 is 0 Å². The molecule has 3 nitrogen and oxygen atoms in total. The molecule has 2 rings (SSSR count). The predicted molar refractivity (Wildman–Crippen MR) is 86.8 cm³/mol. The van der Waals surface area contributed by atoms with Crippen LogP contribution in [0.1, 0.15) is 51.5 Å². The van der Waals surface area contributed by atoms with Gasteiger partial charge in [0.25, 0.3) is 0 Å². The van der Waals surface area contributed by atoms with Gasteiger partial charge in [-0.2, -0.15) is 0 Å². The minimum Gasteiger partial charge on any atom is -0.497 e. The highest BCUT2D eigenvalue weighted by Crippen LogP contribution is 2.38. The maximum Gasteiger partial charge on any atom is 0.118 e. The molecule has 0 bridgehead atoms. The third kappa shape index (κ3) is 4.21. The lowest BCUT2D eigenvalue weighted by atomic mass is 9.74. The van der Waals surface area contributed by atoms with Crippen LogP contribution in [0.4, 0.5) is 0 Å². The summed E-state index contributed by atoms with van der Waals surface area (Å²) < 4.78 is 5.20. The molecule has 1 aromatic carbocycles. The minimum absolute atomic E-state index is 0.188. The van der Waals surface area contributed by atoms with Gasteiger partial charge in [0, 0.05) is 18.7 Å². The van der Waals surface area contributed by atoms with Gasteiger partial charge in [0.05, 0.1) is 7.11 Å². The fraction of sp³-hybridized carbons (Fsp3) is 0.667. The van der Waals surface area contributed by atoms with E-state index in [0.717, 1.165) is 12.2 Å². The zero-order valence-electron chi connectivity index (χ0n) is 13.7.